The van der Waals surface area contributed by atoms with Crippen molar-refractivity contribution < 1.29 is 0 Å². The van der Waals surface area contributed by atoms with Gasteiger partial charge in [0.1, 0.15) is 0 Å². The molecule has 3 aromatic rings. The molecule has 2 aromatic carbocycles. The second-order valence-electron chi connectivity index (χ2n) is 4.42. The standard InChI is InChI=1S/C15H10BrClINS/c16-10(9-5-6-12(18)11(17)7-9)8-15-19-13-3-1-2-4-14(13)20-15/h1-7,10H,8H2. The molecule has 0 saturated heterocycles. The van der Waals surface area contributed by atoms with E-state index in [1.54, 1.807) is 11.3 Å². The molecule has 1 heterocycles. The Morgan fingerprint density at radius 2 is 2.05 bits per heavy atom. The molecule has 0 aliphatic rings. The molecule has 1 unspecified atom stereocenters. The maximum atomic E-state index is 6.18. The van der Waals surface area contributed by atoms with E-state index in [4.69, 9.17) is 11.6 Å². The summed E-state index contributed by atoms with van der Waals surface area (Å²) in [4.78, 5) is 4.91. The molecule has 5 heteroatoms. The number of alkyl halides is 1. The first-order valence-electron chi connectivity index (χ1n) is 6.07. The fourth-order valence-electron chi connectivity index (χ4n) is 1.99. The van der Waals surface area contributed by atoms with Crippen LogP contribution >= 0.6 is 61.5 Å². The van der Waals surface area contributed by atoms with Crippen molar-refractivity contribution in [1.29, 1.82) is 0 Å². The smallest absolute Gasteiger partial charge is 0.0953 e. The van der Waals surface area contributed by atoms with Crippen LogP contribution in [0, 0.1) is 3.57 Å². The van der Waals surface area contributed by atoms with Crippen LogP contribution in [0.1, 0.15) is 15.4 Å². The van der Waals surface area contributed by atoms with Gasteiger partial charge in [0.05, 0.1) is 20.2 Å². The topological polar surface area (TPSA) is 12.9 Å². The Bertz CT molecular complexity index is 725. The molecule has 1 nitrogen and oxygen atoms in total. The molecule has 0 spiro atoms. The lowest BCUT2D eigenvalue weighted by Gasteiger charge is -2.09. The lowest BCUT2D eigenvalue weighted by Crippen LogP contribution is -1.95. The summed E-state index contributed by atoms with van der Waals surface area (Å²) < 4.78 is 2.32. The maximum absolute atomic E-state index is 6.18. The van der Waals surface area contributed by atoms with E-state index in [2.05, 4.69) is 67.8 Å². The highest BCUT2D eigenvalue weighted by Crippen LogP contribution is 2.33. The zero-order chi connectivity index (χ0) is 14.1. The van der Waals surface area contributed by atoms with Gasteiger partial charge in [-0.05, 0) is 52.4 Å². The predicted molar refractivity (Wildman–Crippen MR) is 99.2 cm³/mol. The van der Waals surface area contributed by atoms with Crippen molar-refractivity contribution in [3.63, 3.8) is 0 Å². The van der Waals surface area contributed by atoms with Crippen LogP contribution in [0.2, 0.25) is 5.02 Å². The van der Waals surface area contributed by atoms with E-state index in [9.17, 15) is 0 Å². The van der Waals surface area contributed by atoms with Crippen LogP contribution < -0.4 is 0 Å². The Kier molecular flexibility index (Phi) is 4.65. The van der Waals surface area contributed by atoms with Crippen molar-refractivity contribution in [2.24, 2.45) is 0 Å². The second-order valence-corrected chi connectivity index (χ2v) is 8.21. The molecule has 1 atom stereocenters. The number of fused-ring (bicyclic) bond motifs is 1. The molecule has 0 aliphatic carbocycles. The molecule has 0 bridgehead atoms. The van der Waals surface area contributed by atoms with E-state index in [1.165, 1.54) is 10.3 Å². The summed E-state index contributed by atoms with van der Waals surface area (Å²) in [6.45, 7) is 0. The maximum Gasteiger partial charge on any atom is 0.0953 e. The van der Waals surface area contributed by atoms with E-state index >= 15 is 0 Å². The number of hydrogen-bond donors (Lipinski definition) is 0. The quantitative estimate of drug-likeness (QED) is 0.321. The average molecular weight is 479 g/mol. The summed E-state index contributed by atoms with van der Waals surface area (Å²) in [5.74, 6) is 0. The third-order valence-electron chi connectivity index (χ3n) is 3.00. The molecule has 0 aliphatic heterocycles. The Labute approximate surface area is 148 Å². The average Bonchev–Trinajstić information content (AvgIpc) is 2.83. The van der Waals surface area contributed by atoms with Crippen LogP contribution in [0.25, 0.3) is 10.2 Å². The molecule has 1 aromatic heterocycles. The third-order valence-corrected chi connectivity index (χ3v) is 6.48. The van der Waals surface area contributed by atoms with E-state index < -0.39 is 0 Å². The summed E-state index contributed by atoms with van der Waals surface area (Å²) in [6.07, 6.45) is 0.871. The number of aromatic nitrogens is 1. The van der Waals surface area contributed by atoms with Gasteiger partial charge in [0.15, 0.2) is 0 Å². The number of para-hydroxylation sites is 1. The number of rotatable bonds is 3. The molecule has 20 heavy (non-hydrogen) atoms. The van der Waals surface area contributed by atoms with Gasteiger partial charge in [0, 0.05) is 14.8 Å². The molecule has 0 saturated carbocycles. The van der Waals surface area contributed by atoms with Crippen LogP contribution in [0.3, 0.4) is 0 Å². The van der Waals surface area contributed by atoms with Gasteiger partial charge in [0.25, 0.3) is 0 Å². The van der Waals surface area contributed by atoms with Crippen molar-refractivity contribution >= 4 is 71.7 Å². The third kappa shape index (κ3) is 3.18. The van der Waals surface area contributed by atoms with Gasteiger partial charge in [-0.25, -0.2) is 4.98 Å². The Morgan fingerprint density at radius 3 is 2.80 bits per heavy atom. The molecule has 102 valence electrons. The minimum Gasteiger partial charge on any atom is -0.241 e. The Hall–Kier alpha value is -0.170. The fourth-order valence-corrected chi connectivity index (χ4v) is 4.33. The number of thiazole rings is 1. The summed E-state index contributed by atoms with van der Waals surface area (Å²) >= 11 is 13.9. The summed E-state index contributed by atoms with van der Waals surface area (Å²) in [5, 5.41) is 1.94. The van der Waals surface area contributed by atoms with Crippen LogP contribution in [0.15, 0.2) is 42.5 Å². The molecule has 0 amide bonds. The van der Waals surface area contributed by atoms with E-state index in [0.717, 1.165) is 25.5 Å². The van der Waals surface area contributed by atoms with Crippen molar-refractivity contribution in [3.05, 3.63) is 61.6 Å². The zero-order valence-electron chi connectivity index (χ0n) is 10.3. The lowest BCUT2D eigenvalue weighted by atomic mass is 10.1. The minimum absolute atomic E-state index is 0.234. The number of hydrogen-bond acceptors (Lipinski definition) is 2. The van der Waals surface area contributed by atoms with Crippen LogP contribution in [-0.2, 0) is 6.42 Å². The van der Waals surface area contributed by atoms with Crippen molar-refractivity contribution in [2.75, 3.05) is 0 Å². The first-order chi connectivity index (χ1) is 9.63. The van der Waals surface area contributed by atoms with E-state index in [-0.39, 0.29) is 4.83 Å². The van der Waals surface area contributed by atoms with Gasteiger partial charge in [-0.15, -0.1) is 11.3 Å². The van der Waals surface area contributed by atoms with Gasteiger partial charge in [0.2, 0.25) is 0 Å². The van der Waals surface area contributed by atoms with Gasteiger partial charge >= 0.3 is 0 Å². The van der Waals surface area contributed by atoms with Gasteiger partial charge in [-0.1, -0.05) is 45.7 Å². The number of benzene rings is 2. The van der Waals surface area contributed by atoms with E-state index in [1.807, 2.05) is 18.2 Å². The molecule has 0 N–H and O–H groups in total. The van der Waals surface area contributed by atoms with Gasteiger partial charge in [-0.2, -0.15) is 0 Å². The van der Waals surface area contributed by atoms with Crippen LogP contribution in [0.5, 0.6) is 0 Å². The Balaban J connectivity index is 1.84. The SMILES string of the molecule is Clc1cc(C(Br)Cc2nc3ccccc3s2)ccc1I. The van der Waals surface area contributed by atoms with Crippen molar-refractivity contribution in [1.82, 2.24) is 4.98 Å². The highest BCUT2D eigenvalue weighted by Gasteiger charge is 2.13. The minimum atomic E-state index is 0.234. The van der Waals surface area contributed by atoms with Gasteiger partial charge in [-0.3, -0.25) is 0 Å². The number of nitrogens with zero attached hydrogens (tertiary/aromatic N) is 1. The zero-order valence-corrected chi connectivity index (χ0v) is 15.6. The normalized spacial score (nSPS) is 12.8. The largest absolute Gasteiger partial charge is 0.241 e. The monoisotopic (exact) mass is 477 g/mol. The summed E-state index contributed by atoms with van der Waals surface area (Å²) in [6, 6.07) is 14.4. The highest BCUT2D eigenvalue weighted by molar-refractivity contribution is 14.1. The van der Waals surface area contributed by atoms with Crippen molar-refractivity contribution in [2.45, 2.75) is 11.2 Å². The molecular weight excluding hydrogens is 469 g/mol. The summed E-state index contributed by atoms with van der Waals surface area (Å²) in [7, 11) is 0. The highest BCUT2D eigenvalue weighted by atomic mass is 127. The van der Waals surface area contributed by atoms with Gasteiger partial charge < -0.3 is 0 Å². The first kappa shape index (κ1) is 14.8. The second kappa shape index (κ2) is 6.30. The predicted octanol–water partition coefficient (Wildman–Crippen LogP) is 6.23. The lowest BCUT2D eigenvalue weighted by molar-refractivity contribution is 0.938. The fraction of sp³-hybridized carbons (Fsp3) is 0.133. The first-order valence-corrected chi connectivity index (χ1v) is 9.26. The molecular formula is C15H10BrClINS. The molecule has 0 fully saturated rings. The van der Waals surface area contributed by atoms with Crippen molar-refractivity contribution in [3.8, 4) is 0 Å². The summed E-state index contributed by atoms with van der Waals surface area (Å²) in [5.41, 5.74) is 2.27. The van der Waals surface area contributed by atoms with Crippen LogP contribution in [-0.4, -0.2) is 4.98 Å². The van der Waals surface area contributed by atoms with E-state index in [0.29, 0.717) is 0 Å². The number of halogens is 3. The molecule has 0 radical (unpaired) electrons. The Morgan fingerprint density at radius 1 is 1.25 bits per heavy atom. The van der Waals surface area contributed by atoms with Crippen LogP contribution in [0.4, 0.5) is 0 Å². The molecule has 3 rings (SSSR count).